The Kier molecular flexibility index (Phi) is 2.95. The molecule has 0 atom stereocenters. The van der Waals surface area contributed by atoms with E-state index in [0.29, 0.717) is 6.54 Å². The largest absolute Gasteiger partial charge is 0.477 e. The van der Waals surface area contributed by atoms with Gasteiger partial charge in [-0.1, -0.05) is 6.92 Å². The van der Waals surface area contributed by atoms with Gasteiger partial charge < -0.3 is 9.67 Å². The van der Waals surface area contributed by atoms with Gasteiger partial charge in [-0.25, -0.2) is 17.9 Å². The van der Waals surface area contributed by atoms with Crippen molar-refractivity contribution in [2.75, 3.05) is 6.54 Å². The zero-order valence-electron chi connectivity index (χ0n) is 11.3. The molecule has 110 valence electrons. The van der Waals surface area contributed by atoms with Gasteiger partial charge in [0.15, 0.2) is 0 Å². The molecule has 20 heavy (non-hydrogen) atoms. The van der Waals surface area contributed by atoms with E-state index in [1.807, 2.05) is 6.92 Å². The molecule has 6 nitrogen and oxygen atoms in total. The van der Waals surface area contributed by atoms with E-state index in [4.69, 9.17) is 5.11 Å². The number of carboxylic acid groups (broad SMARTS) is 1. The van der Waals surface area contributed by atoms with Gasteiger partial charge in [-0.2, -0.15) is 0 Å². The predicted octanol–water partition coefficient (Wildman–Crippen LogP) is 1.60. The second-order valence-electron chi connectivity index (χ2n) is 6.14. The smallest absolute Gasteiger partial charge is 0.352 e. The lowest BCUT2D eigenvalue weighted by atomic mass is 10.2. The van der Waals surface area contributed by atoms with Gasteiger partial charge in [0.05, 0.1) is 0 Å². The fraction of sp³-hybridized carbons (Fsp3) is 0.615. The standard InChI is InChI=1S/C13H18N2O4S/c1-13(4-5-13)8-14-20(18,19)10-6-11(12(16)17)15(7-10)9-2-3-9/h6-7,9,14H,2-5,8H2,1H3,(H,16,17). The zero-order chi connectivity index (χ0) is 14.5. The molecule has 0 aromatic carbocycles. The molecular weight excluding hydrogens is 280 g/mol. The SMILES string of the molecule is CC1(CNS(=O)(=O)c2cc(C(=O)O)n(C3CC3)c2)CC1. The molecule has 2 N–H and O–H groups in total. The Morgan fingerprint density at radius 3 is 2.65 bits per heavy atom. The van der Waals surface area contributed by atoms with Crippen molar-refractivity contribution in [1.29, 1.82) is 0 Å². The fourth-order valence-electron chi connectivity index (χ4n) is 2.17. The number of sulfonamides is 1. The Labute approximate surface area is 117 Å². The lowest BCUT2D eigenvalue weighted by Gasteiger charge is -2.09. The number of aromatic nitrogens is 1. The number of aromatic carboxylic acids is 1. The van der Waals surface area contributed by atoms with Crippen LogP contribution in [0.25, 0.3) is 0 Å². The molecule has 2 saturated carbocycles. The number of hydrogen-bond donors (Lipinski definition) is 2. The van der Waals surface area contributed by atoms with Crippen molar-refractivity contribution in [2.24, 2.45) is 5.41 Å². The number of nitrogens with one attached hydrogen (secondary N) is 1. The van der Waals surface area contributed by atoms with Gasteiger partial charge in [-0.05, 0) is 37.2 Å². The van der Waals surface area contributed by atoms with Gasteiger partial charge in [0.1, 0.15) is 10.6 Å². The van der Waals surface area contributed by atoms with Crippen molar-refractivity contribution in [2.45, 2.75) is 43.5 Å². The van der Waals surface area contributed by atoms with Crippen LogP contribution < -0.4 is 4.72 Å². The molecule has 7 heteroatoms. The van der Waals surface area contributed by atoms with Crippen LogP contribution in [0.15, 0.2) is 17.2 Å². The van der Waals surface area contributed by atoms with Crippen LogP contribution in [0.1, 0.15) is 49.1 Å². The molecule has 0 unspecified atom stereocenters. The maximum absolute atomic E-state index is 12.2. The van der Waals surface area contributed by atoms with E-state index in [0.717, 1.165) is 25.7 Å². The molecule has 0 saturated heterocycles. The minimum absolute atomic E-state index is 0.0468. The molecule has 1 aromatic rings. The van der Waals surface area contributed by atoms with Crippen LogP contribution in [0, 0.1) is 5.41 Å². The van der Waals surface area contributed by atoms with Crippen molar-refractivity contribution in [3.8, 4) is 0 Å². The topological polar surface area (TPSA) is 88.4 Å². The third kappa shape index (κ3) is 2.60. The lowest BCUT2D eigenvalue weighted by Crippen LogP contribution is -2.28. The summed E-state index contributed by atoms with van der Waals surface area (Å²) < 4.78 is 28.6. The molecule has 0 bridgehead atoms. The molecule has 2 aliphatic carbocycles. The Balaban J connectivity index is 1.85. The third-order valence-electron chi connectivity index (χ3n) is 4.09. The van der Waals surface area contributed by atoms with Crippen LogP contribution in [0.3, 0.4) is 0 Å². The summed E-state index contributed by atoms with van der Waals surface area (Å²) >= 11 is 0. The summed E-state index contributed by atoms with van der Waals surface area (Å²) in [6.07, 6.45) is 5.30. The fourth-order valence-corrected chi connectivity index (χ4v) is 3.39. The molecule has 0 aliphatic heterocycles. The highest BCUT2D eigenvalue weighted by molar-refractivity contribution is 7.89. The summed E-state index contributed by atoms with van der Waals surface area (Å²) in [6.45, 7) is 2.44. The minimum Gasteiger partial charge on any atom is -0.477 e. The van der Waals surface area contributed by atoms with Crippen molar-refractivity contribution < 1.29 is 18.3 Å². The second kappa shape index (κ2) is 4.33. The molecule has 0 spiro atoms. The van der Waals surface area contributed by atoms with Gasteiger partial charge >= 0.3 is 5.97 Å². The molecule has 3 rings (SSSR count). The quantitative estimate of drug-likeness (QED) is 0.835. The zero-order valence-corrected chi connectivity index (χ0v) is 12.1. The van der Waals surface area contributed by atoms with Crippen LogP contribution >= 0.6 is 0 Å². The van der Waals surface area contributed by atoms with E-state index >= 15 is 0 Å². The van der Waals surface area contributed by atoms with E-state index in [1.165, 1.54) is 12.3 Å². The summed E-state index contributed by atoms with van der Waals surface area (Å²) in [5.74, 6) is -1.09. The summed E-state index contributed by atoms with van der Waals surface area (Å²) in [4.78, 5) is 11.2. The Morgan fingerprint density at radius 2 is 2.15 bits per heavy atom. The molecular formula is C13H18N2O4S. The van der Waals surface area contributed by atoms with Crippen molar-refractivity contribution in [3.05, 3.63) is 18.0 Å². The van der Waals surface area contributed by atoms with E-state index < -0.39 is 16.0 Å². The number of nitrogens with zero attached hydrogens (tertiary/aromatic N) is 1. The average Bonchev–Trinajstić information content (AvgIpc) is 3.29. The summed E-state index contributed by atoms with van der Waals surface area (Å²) in [6, 6.07) is 1.38. The monoisotopic (exact) mass is 298 g/mol. The molecule has 2 aliphatic rings. The van der Waals surface area contributed by atoms with Crippen LogP contribution in [0.2, 0.25) is 0 Å². The number of rotatable bonds is 6. The van der Waals surface area contributed by atoms with Crippen LogP contribution in [-0.2, 0) is 10.0 Å². The Bertz CT molecular complexity index is 654. The van der Waals surface area contributed by atoms with Gasteiger partial charge in [-0.3, -0.25) is 0 Å². The van der Waals surface area contributed by atoms with Gasteiger partial charge in [0.25, 0.3) is 0 Å². The lowest BCUT2D eigenvalue weighted by molar-refractivity contribution is 0.0685. The Morgan fingerprint density at radius 1 is 1.50 bits per heavy atom. The van der Waals surface area contributed by atoms with Gasteiger partial charge in [-0.15, -0.1) is 0 Å². The maximum atomic E-state index is 12.2. The first kappa shape index (κ1) is 13.6. The van der Waals surface area contributed by atoms with Crippen molar-refractivity contribution in [3.63, 3.8) is 0 Å². The number of hydrogen-bond acceptors (Lipinski definition) is 3. The maximum Gasteiger partial charge on any atom is 0.352 e. The van der Waals surface area contributed by atoms with E-state index in [1.54, 1.807) is 4.57 Å². The van der Waals surface area contributed by atoms with Gasteiger partial charge in [0, 0.05) is 18.8 Å². The molecule has 1 heterocycles. The summed E-state index contributed by atoms with van der Waals surface area (Å²) in [5, 5.41) is 9.15. The molecule has 2 fully saturated rings. The first-order valence-corrected chi connectivity index (χ1v) is 8.24. The second-order valence-corrected chi connectivity index (χ2v) is 7.91. The molecule has 0 amide bonds. The minimum atomic E-state index is -3.63. The summed E-state index contributed by atoms with van der Waals surface area (Å²) in [5.41, 5.74) is 0.118. The highest BCUT2D eigenvalue weighted by Crippen LogP contribution is 2.44. The van der Waals surface area contributed by atoms with Crippen LogP contribution in [0.4, 0.5) is 0 Å². The van der Waals surface area contributed by atoms with Gasteiger partial charge in [0.2, 0.25) is 10.0 Å². The van der Waals surface area contributed by atoms with E-state index in [-0.39, 0.29) is 22.0 Å². The number of carbonyl (C=O) groups is 1. The van der Waals surface area contributed by atoms with Crippen LogP contribution in [0.5, 0.6) is 0 Å². The van der Waals surface area contributed by atoms with Crippen molar-refractivity contribution in [1.82, 2.24) is 9.29 Å². The normalized spacial score (nSPS) is 20.9. The molecule has 0 radical (unpaired) electrons. The number of carboxylic acids is 1. The predicted molar refractivity (Wildman–Crippen MR) is 72.2 cm³/mol. The summed E-state index contributed by atoms with van der Waals surface area (Å²) in [7, 11) is -3.63. The average molecular weight is 298 g/mol. The highest BCUT2D eigenvalue weighted by atomic mass is 32.2. The van der Waals surface area contributed by atoms with Crippen LogP contribution in [-0.4, -0.2) is 30.6 Å². The first-order chi connectivity index (χ1) is 9.31. The van der Waals surface area contributed by atoms with Crippen molar-refractivity contribution >= 4 is 16.0 Å². The first-order valence-electron chi connectivity index (χ1n) is 6.76. The van der Waals surface area contributed by atoms with E-state index in [2.05, 4.69) is 4.72 Å². The Hall–Kier alpha value is -1.34. The highest BCUT2D eigenvalue weighted by Gasteiger charge is 2.38. The van der Waals surface area contributed by atoms with E-state index in [9.17, 15) is 13.2 Å². The molecule has 1 aromatic heterocycles. The third-order valence-corrected chi connectivity index (χ3v) is 5.45.